The lowest BCUT2D eigenvalue weighted by molar-refractivity contribution is -0.144. The van der Waals surface area contributed by atoms with Gasteiger partial charge in [-0.25, -0.2) is 9.59 Å². The highest BCUT2D eigenvalue weighted by molar-refractivity contribution is 5.97. The predicted octanol–water partition coefficient (Wildman–Crippen LogP) is 4.70. The quantitative estimate of drug-likeness (QED) is 0.103. The summed E-state index contributed by atoms with van der Waals surface area (Å²) in [5.41, 5.74) is 1.45. The zero-order chi connectivity index (χ0) is 33.6. The van der Waals surface area contributed by atoms with Gasteiger partial charge in [-0.1, -0.05) is 20.3 Å². The van der Waals surface area contributed by atoms with Crippen LogP contribution in [0.1, 0.15) is 107 Å². The van der Waals surface area contributed by atoms with E-state index in [0.717, 1.165) is 19.3 Å². The number of hydrogen-bond donors (Lipinski definition) is 2. The average molecular weight is 657 g/mol. The molecule has 0 radical (unpaired) electrons. The number of hydrogen-bond acceptors (Lipinski definition) is 10. The van der Waals surface area contributed by atoms with E-state index < -0.39 is 17.9 Å². The van der Waals surface area contributed by atoms with E-state index in [0.29, 0.717) is 55.5 Å². The molecule has 0 aliphatic carbocycles. The van der Waals surface area contributed by atoms with Crippen molar-refractivity contribution in [3.8, 4) is 0 Å². The van der Waals surface area contributed by atoms with Crippen LogP contribution in [-0.4, -0.2) is 82.1 Å². The van der Waals surface area contributed by atoms with Gasteiger partial charge in [-0.05, 0) is 81.1 Å². The van der Waals surface area contributed by atoms with Gasteiger partial charge in [0.05, 0.1) is 17.7 Å². The Kier molecular flexibility index (Phi) is 20.4. The molecule has 2 N–H and O–H groups in total. The summed E-state index contributed by atoms with van der Waals surface area (Å²) >= 11 is 0. The van der Waals surface area contributed by atoms with Gasteiger partial charge >= 0.3 is 17.9 Å². The molecule has 12 heteroatoms. The van der Waals surface area contributed by atoms with Crippen LogP contribution < -0.4 is 10.6 Å². The first-order valence-corrected chi connectivity index (χ1v) is 15.5. The standard InChI is InChI=1S/C34H44N2O10.CH4/c1-25(37)9-5-3-7-19-35-31(39)26-11-13-27(14-12-26)32(40)36-20-8-4-6-10-30(38)44-23-24-46-34(42)29-17-15-28(16-18-29)33(41)45-22-21-43-2;/h11-18H,3-10,19-24H2,1-2H3,(H,35,39)(H,36,40);1H4. The Hall–Kier alpha value is -4.58. The zero-order valence-electron chi connectivity index (χ0n) is 26.6. The number of carbonyl (C=O) groups is 6. The minimum atomic E-state index is -0.608. The summed E-state index contributed by atoms with van der Waals surface area (Å²) in [5.74, 6) is -1.82. The third-order valence-corrected chi connectivity index (χ3v) is 6.70. The number of Topliss-reactive ketones (excluding diaryl/α,β-unsaturated/α-hetero) is 1. The first-order chi connectivity index (χ1) is 22.2. The van der Waals surface area contributed by atoms with E-state index in [-0.39, 0.29) is 63.4 Å². The molecule has 258 valence electrons. The normalized spacial score (nSPS) is 10.3. The summed E-state index contributed by atoms with van der Waals surface area (Å²) in [5, 5.41) is 5.67. The monoisotopic (exact) mass is 656 g/mol. The van der Waals surface area contributed by atoms with Crippen molar-refractivity contribution < 1.29 is 47.7 Å². The Bertz CT molecular complexity index is 1280. The van der Waals surface area contributed by atoms with Crippen molar-refractivity contribution in [2.24, 2.45) is 0 Å². The van der Waals surface area contributed by atoms with Gasteiger partial charge in [0, 0.05) is 44.2 Å². The molecule has 2 rings (SSSR count). The Morgan fingerprint density at radius 1 is 0.532 bits per heavy atom. The Morgan fingerprint density at radius 2 is 0.936 bits per heavy atom. The van der Waals surface area contributed by atoms with Crippen LogP contribution >= 0.6 is 0 Å². The second kappa shape index (κ2) is 23.7. The molecule has 0 fully saturated rings. The smallest absolute Gasteiger partial charge is 0.338 e. The van der Waals surface area contributed by atoms with E-state index in [4.69, 9.17) is 18.9 Å². The number of ether oxygens (including phenoxy) is 4. The predicted molar refractivity (Wildman–Crippen MR) is 175 cm³/mol. The number of ketones is 1. The number of methoxy groups -OCH3 is 1. The topological polar surface area (TPSA) is 163 Å². The Morgan fingerprint density at radius 3 is 1.38 bits per heavy atom. The first kappa shape index (κ1) is 40.4. The van der Waals surface area contributed by atoms with Crippen molar-refractivity contribution in [2.75, 3.05) is 46.6 Å². The van der Waals surface area contributed by atoms with Crippen molar-refractivity contribution >= 4 is 35.5 Å². The Labute approximate surface area is 276 Å². The molecule has 0 aromatic heterocycles. The Balaban J connectivity index is 0.0000110. The molecular weight excluding hydrogens is 608 g/mol. The van der Waals surface area contributed by atoms with Gasteiger partial charge in [0.15, 0.2) is 0 Å². The highest BCUT2D eigenvalue weighted by Crippen LogP contribution is 2.09. The fourth-order valence-corrected chi connectivity index (χ4v) is 4.12. The van der Waals surface area contributed by atoms with Crippen molar-refractivity contribution in [1.29, 1.82) is 0 Å². The highest BCUT2D eigenvalue weighted by Gasteiger charge is 2.12. The van der Waals surface area contributed by atoms with Crippen LogP contribution in [0, 0.1) is 0 Å². The molecule has 0 atom stereocenters. The molecular formula is C35H48N2O10. The summed E-state index contributed by atoms with van der Waals surface area (Å²) in [6.45, 7) is 2.77. The van der Waals surface area contributed by atoms with Crippen LogP contribution in [0.15, 0.2) is 48.5 Å². The van der Waals surface area contributed by atoms with E-state index in [9.17, 15) is 28.8 Å². The molecule has 0 saturated carbocycles. The molecule has 12 nitrogen and oxygen atoms in total. The van der Waals surface area contributed by atoms with Gasteiger partial charge in [-0.15, -0.1) is 0 Å². The minimum absolute atomic E-state index is 0. The minimum Gasteiger partial charge on any atom is -0.462 e. The molecule has 0 aliphatic rings. The molecule has 0 heterocycles. The number of rotatable bonds is 22. The van der Waals surface area contributed by atoms with Crippen LogP contribution in [0.5, 0.6) is 0 Å². The second-order valence-electron chi connectivity index (χ2n) is 10.5. The van der Waals surface area contributed by atoms with Crippen LogP contribution in [-0.2, 0) is 28.5 Å². The van der Waals surface area contributed by atoms with Gasteiger partial charge in [-0.3, -0.25) is 14.4 Å². The van der Waals surface area contributed by atoms with Crippen LogP contribution in [0.2, 0.25) is 0 Å². The average Bonchev–Trinajstić information content (AvgIpc) is 3.06. The lowest BCUT2D eigenvalue weighted by Crippen LogP contribution is -2.26. The maximum Gasteiger partial charge on any atom is 0.338 e. The third-order valence-electron chi connectivity index (χ3n) is 6.70. The van der Waals surface area contributed by atoms with Gasteiger partial charge < -0.3 is 34.4 Å². The van der Waals surface area contributed by atoms with E-state index >= 15 is 0 Å². The van der Waals surface area contributed by atoms with Crippen molar-refractivity contribution in [3.63, 3.8) is 0 Å². The van der Waals surface area contributed by atoms with Gasteiger partial charge in [0.1, 0.15) is 25.6 Å². The fraction of sp³-hybridized carbons (Fsp3) is 0.486. The van der Waals surface area contributed by atoms with Gasteiger partial charge in [-0.2, -0.15) is 0 Å². The van der Waals surface area contributed by atoms with E-state index in [1.807, 2.05) is 0 Å². The summed E-state index contributed by atoms with van der Waals surface area (Å²) in [4.78, 5) is 71.6. The molecule has 2 aromatic carbocycles. The summed E-state index contributed by atoms with van der Waals surface area (Å²) in [6, 6.07) is 12.2. The van der Waals surface area contributed by atoms with E-state index in [1.165, 1.54) is 31.4 Å². The molecule has 2 amide bonds. The molecule has 0 unspecified atom stereocenters. The maximum absolute atomic E-state index is 12.4. The van der Waals surface area contributed by atoms with Gasteiger partial charge in [0.2, 0.25) is 0 Å². The summed E-state index contributed by atoms with van der Waals surface area (Å²) < 4.78 is 20.0. The lowest BCUT2D eigenvalue weighted by atomic mass is 10.1. The maximum atomic E-state index is 12.4. The SMILES string of the molecule is C.COCCOC(=O)c1ccc(C(=O)OCCOC(=O)CCCCCNC(=O)c2ccc(C(=O)NCCCCCC(C)=O)cc2)cc1. The number of nitrogens with one attached hydrogen (secondary N) is 2. The zero-order valence-corrected chi connectivity index (χ0v) is 26.6. The number of esters is 3. The molecule has 0 saturated heterocycles. The number of unbranched alkanes of at least 4 members (excludes halogenated alkanes) is 4. The summed E-state index contributed by atoms with van der Waals surface area (Å²) in [6.07, 6.45) is 5.21. The van der Waals surface area contributed by atoms with Crippen LogP contribution in [0.25, 0.3) is 0 Å². The lowest BCUT2D eigenvalue weighted by Gasteiger charge is -2.08. The van der Waals surface area contributed by atoms with E-state index in [2.05, 4.69) is 10.6 Å². The largest absolute Gasteiger partial charge is 0.462 e. The first-order valence-electron chi connectivity index (χ1n) is 15.5. The number of carbonyl (C=O) groups excluding carboxylic acids is 6. The second-order valence-corrected chi connectivity index (χ2v) is 10.5. The van der Waals surface area contributed by atoms with Crippen molar-refractivity contribution in [2.45, 2.75) is 65.7 Å². The fourth-order valence-electron chi connectivity index (χ4n) is 4.12. The van der Waals surface area contributed by atoms with E-state index in [1.54, 1.807) is 31.2 Å². The van der Waals surface area contributed by atoms with Crippen molar-refractivity contribution in [1.82, 2.24) is 10.6 Å². The summed E-state index contributed by atoms with van der Waals surface area (Å²) in [7, 11) is 1.50. The van der Waals surface area contributed by atoms with Crippen LogP contribution in [0.3, 0.4) is 0 Å². The van der Waals surface area contributed by atoms with Crippen LogP contribution in [0.4, 0.5) is 0 Å². The third kappa shape index (κ3) is 17.1. The van der Waals surface area contributed by atoms with Crippen molar-refractivity contribution in [3.05, 3.63) is 70.8 Å². The molecule has 0 spiro atoms. The number of amides is 2. The van der Waals surface area contributed by atoms with Gasteiger partial charge in [0.25, 0.3) is 11.8 Å². The molecule has 2 aromatic rings. The highest BCUT2D eigenvalue weighted by atomic mass is 16.6. The number of benzene rings is 2. The molecule has 0 bridgehead atoms. The molecule has 47 heavy (non-hydrogen) atoms. The molecule has 0 aliphatic heterocycles.